The van der Waals surface area contributed by atoms with Gasteiger partial charge in [0.2, 0.25) is 0 Å². The van der Waals surface area contributed by atoms with Crippen molar-refractivity contribution < 1.29 is 9.53 Å². The maximum Gasteiger partial charge on any atom is 0.319 e. The molecular weight excluding hydrogens is 284 g/mol. The van der Waals surface area contributed by atoms with Crippen molar-refractivity contribution in [3.63, 3.8) is 0 Å². The Morgan fingerprint density at radius 2 is 2.18 bits per heavy atom. The van der Waals surface area contributed by atoms with Crippen molar-refractivity contribution in [2.75, 3.05) is 19.0 Å². The van der Waals surface area contributed by atoms with E-state index in [2.05, 4.69) is 15.7 Å². The van der Waals surface area contributed by atoms with Gasteiger partial charge >= 0.3 is 6.03 Å². The Bertz CT molecular complexity index is 712. The number of anilines is 1. The number of methoxy groups -OCH3 is 1. The van der Waals surface area contributed by atoms with Crippen LogP contribution in [-0.2, 0) is 6.54 Å². The standard InChI is InChI=1S/C15H18N4O3/c1-11-5-6-13(22-2)12(10-11)18-15(21)16-8-9-19-14(20)4-3-7-17-19/h3-7,10H,8-9H2,1-2H3,(H2,16,18,21). The van der Waals surface area contributed by atoms with E-state index < -0.39 is 0 Å². The van der Waals surface area contributed by atoms with Crippen LogP contribution < -0.4 is 20.9 Å². The van der Waals surface area contributed by atoms with Crippen LogP contribution in [0.5, 0.6) is 5.75 Å². The number of urea groups is 1. The summed E-state index contributed by atoms with van der Waals surface area (Å²) in [4.78, 5) is 23.3. The number of aromatic nitrogens is 2. The van der Waals surface area contributed by atoms with Crippen LogP contribution in [0.25, 0.3) is 0 Å². The minimum absolute atomic E-state index is 0.204. The Labute approximate surface area is 127 Å². The number of carbonyl (C=O) groups excluding carboxylic acids is 1. The molecule has 1 heterocycles. The maximum absolute atomic E-state index is 11.9. The SMILES string of the molecule is COc1ccc(C)cc1NC(=O)NCCn1ncccc1=O. The number of aryl methyl sites for hydroxylation is 1. The van der Waals surface area contributed by atoms with Gasteiger partial charge in [-0.3, -0.25) is 4.79 Å². The molecule has 2 N–H and O–H groups in total. The number of ether oxygens (including phenoxy) is 1. The molecule has 1 aromatic heterocycles. The number of nitrogens with zero attached hydrogens (tertiary/aromatic N) is 2. The van der Waals surface area contributed by atoms with Gasteiger partial charge in [-0.05, 0) is 30.7 Å². The first-order valence-electron chi connectivity index (χ1n) is 6.82. The monoisotopic (exact) mass is 302 g/mol. The summed E-state index contributed by atoms with van der Waals surface area (Å²) in [6, 6.07) is 8.14. The molecule has 0 unspecified atom stereocenters. The minimum Gasteiger partial charge on any atom is -0.495 e. The fourth-order valence-corrected chi connectivity index (χ4v) is 1.92. The summed E-state index contributed by atoms with van der Waals surface area (Å²) < 4.78 is 6.48. The first-order valence-corrected chi connectivity index (χ1v) is 6.82. The topological polar surface area (TPSA) is 85.2 Å². The number of nitrogens with one attached hydrogen (secondary N) is 2. The van der Waals surface area contributed by atoms with Crippen molar-refractivity contribution in [3.8, 4) is 5.75 Å². The van der Waals surface area contributed by atoms with Crippen LogP contribution in [0.4, 0.5) is 10.5 Å². The molecule has 7 heteroatoms. The van der Waals surface area contributed by atoms with Gasteiger partial charge in [0.15, 0.2) is 0 Å². The first-order chi connectivity index (χ1) is 10.6. The molecule has 7 nitrogen and oxygen atoms in total. The second-order valence-electron chi connectivity index (χ2n) is 4.67. The third-order valence-electron chi connectivity index (χ3n) is 3.00. The van der Waals surface area contributed by atoms with Crippen molar-refractivity contribution in [1.82, 2.24) is 15.1 Å². The van der Waals surface area contributed by atoms with Crippen molar-refractivity contribution in [3.05, 3.63) is 52.4 Å². The van der Waals surface area contributed by atoms with Crippen LogP contribution in [0.3, 0.4) is 0 Å². The van der Waals surface area contributed by atoms with Crippen LogP contribution >= 0.6 is 0 Å². The molecule has 2 amide bonds. The predicted molar refractivity (Wildman–Crippen MR) is 83.2 cm³/mol. The fourth-order valence-electron chi connectivity index (χ4n) is 1.92. The Hall–Kier alpha value is -2.83. The summed E-state index contributed by atoms with van der Waals surface area (Å²) in [6.45, 7) is 2.52. The third kappa shape index (κ3) is 4.08. The summed E-state index contributed by atoms with van der Waals surface area (Å²) in [7, 11) is 1.54. The lowest BCUT2D eigenvalue weighted by Gasteiger charge is -2.12. The summed E-state index contributed by atoms with van der Waals surface area (Å²) >= 11 is 0. The average Bonchev–Trinajstić information content (AvgIpc) is 2.49. The molecule has 2 rings (SSSR count). The molecule has 0 atom stereocenters. The third-order valence-corrected chi connectivity index (χ3v) is 3.00. The highest BCUT2D eigenvalue weighted by Crippen LogP contribution is 2.24. The highest BCUT2D eigenvalue weighted by molar-refractivity contribution is 5.91. The Kier molecular flexibility index (Phi) is 5.13. The fraction of sp³-hybridized carbons (Fsp3) is 0.267. The zero-order chi connectivity index (χ0) is 15.9. The summed E-state index contributed by atoms with van der Waals surface area (Å²) in [5.74, 6) is 0.585. The quantitative estimate of drug-likeness (QED) is 0.874. The lowest BCUT2D eigenvalue weighted by molar-refractivity contribution is 0.251. The van der Waals surface area contributed by atoms with Gasteiger partial charge in [-0.25, -0.2) is 9.48 Å². The molecule has 0 aliphatic carbocycles. The molecular formula is C15H18N4O3. The van der Waals surface area contributed by atoms with Crippen molar-refractivity contribution in [2.24, 2.45) is 0 Å². The van der Waals surface area contributed by atoms with Crippen LogP contribution in [0.2, 0.25) is 0 Å². The Morgan fingerprint density at radius 3 is 2.91 bits per heavy atom. The van der Waals surface area contributed by atoms with E-state index >= 15 is 0 Å². The van der Waals surface area contributed by atoms with E-state index in [0.717, 1.165) is 5.56 Å². The Morgan fingerprint density at radius 1 is 1.36 bits per heavy atom. The zero-order valence-electron chi connectivity index (χ0n) is 12.5. The molecule has 0 aliphatic heterocycles. The predicted octanol–water partition coefficient (Wildman–Crippen LogP) is 1.38. The molecule has 22 heavy (non-hydrogen) atoms. The van der Waals surface area contributed by atoms with Gasteiger partial charge in [-0.1, -0.05) is 6.07 Å². The van der Waals surface area contributed by atoms with Crippen molar-refractivity contribution >= 4 is 11.7 Å². The second kappa shape index (κ2) is 7.26. The number of benzene rings is 1. The van der Waals surface area contributed by atoms with E-state index in [9.17, 15) is 9.59 Å². The Balaban J connectivity index is 1.90. The van der Waals surface area contributed by atoms with Gasteiger partial charge < -0.3 is 15.4 Å². The van der Waals surface area contributed by atoms with Gasteiger partial charge in [-0.15, -0.1) is 0 Å². The molecule has 1 aromatic carbocycles. The molecule has 0 fully saturated rings. The van der Waals surface area contributed by atoms with E-state index in [1.165, 1.54) is 16.9 Å². The molecule has 0 bridgehead atoms. The highest BCUT2D eigenvalue weighted by Gasteiger charge is 2.07. The van der Waals surface area contributed by atoms with Crippen LogP contribution in [0.15, 0.2) is 41.3 Å². The van der Waals surface area contributed by atoms with Gasteiger partial charge in [0.25, 0.3) is 5.56 Å². The van der Waals surface area contributed by atoms with E-state index in [-0.39, 0.29) is 18.1 Å². The van der Waals surface area contributed by atoms with Gasteiger partial charge in [-0.2, -0.15) is 5.10 Å². The smallest absolute Gasteiger partial charge is 0.319 e. The number of hydrogen-bond acceptors (Lipinski definition) is 4. The summed E-state index contributed by atoms with van der Waals surface area (Å²) in [5, 5.41) is 9.30. The molecule has 0 saturated heterocycles. The van der Waals surface area contributed by atoms with Crippen LogP contribution in [0, 0.1) is 6.92 Å². The van der Waals surface area contributed by atoms with Gasteiger partial charge in [0.1, 0.15) is 5.75 Å². The zero-order valence-corrected chi connectivity index (χ0v) is 12.5. The number of amides is 2. The number of rotatable bonds is 5. The lowest BCUT2D eigenvalue weighted by atomic mass is 10.2. The van der Waals surface area contributed by atoms with Crippen molar-refractivity contribution in [1.29, 1.82) is 0 Å². The van der Waals surface area contributed by atoms with Gasteiger partial charge in [0.05, 0.1) is 19.3 Å². The number of hydrogen-bond donors (Lipinski definition) is 2. The second-order valence-corrected chi connectivity index (χ2v) is 4.67. The van der Waals surface area contributed by atoms with E-state index in [1.54, 1.807) is 19.2 Å². The lowest BCUT2D eigenvalue weighted by Crippen LogP contribution is -2.34. The molecule has 0 spiro atoms. The van der Waals surface area contributed by atoms with Crippen LogP contribution in [-0.4, -0.2) is 29.5 Å². The molecule has 0 aliphatic rings. The maximum atomic E-state index is 11.9. The summed E-state index contributed by atoms with van der Waals surface area (Å²) in [5.41, 5.74) is 1.40. The highest BCUT2D eigenvalue weighted by atomic mass is 16.5. The normalized spacial score (nSPS) is 10.1. The van der Waals surface area contributed by atoms with E-state index in [0.29, 0.717) is 18.0 Å². The molecule has 0 saturated carbocycles. The average molecular weight is 302 g/mol. The minimum atomic E-state index is -0.368. The molecule has 116 valence electrons. The van der Waals surface area contributed by atoms with Crippen LogP contribution in [0.1, 0.15) is 5.56 Å². The largest absolute Gasteiger partial charge is 0.495 e. The van der Waals surface area contributed by atoms with Gasteiger partial charge in [0, 0.05) is 18.8 Å². The van der Waals surface area contributed by atoms with E-state index in [4.69, 9.17) is 4.74 Å². The first kappa shape index (κ1) is 15.6. The van der Waals surface area contributed by atoms with Crippen molar-refractivity contribution in [2.45, 2.75) is 13.5 Å². The number of carbonyl (C=O) groups is 1. The molecule has 2 aromatic rings. The summed E-state index contributed by atoms with van der Waals surface area (Å²) in [6.07, 6.45) is 1.53. The van der Waals surface area contributed by atoms with E-state index in [1.807, 2.05) is 19.1 Å². The molecule has 0 radical (unpaired) electrons.